The first kappa shape index (κ1) is 21.1. The summed E-state index contributed by atoms with van der Waals surface area (Å²) < 4.78 is 33.6. The smallest absolute Gasteiger partial charge is 0.348 e. The van der Waals surface area contributed by atoms with E-state index in [0.29, 0.717) is 40.9 Å². The molecule has 5 rings (SSSR count). The summed E-state index contributed by atoms with van der Waals surface area (Å²) >= 11 is 0. The molecule has 0 saturated carbocycles. The summed E-state index contributed by atoms with van der Waals surface area (Å²) in [4.78, 5) is 12.9. The number of H-pyrrole nitrogens is 1. The molecular formula is C24H24F2N6O. The van der Waals surface area contributed by atoms with Crippen molar-refractivity contribution in [2.24, 2.45) is 12.8 Å². The monoisotopic (exact) mass is 450 g/mol. The molecule has 0 saturated heterocycles. The number of benzene rings is 2. The number of nitrogens with two attached hydrogens (primary N) is 1. The molecule has 0 radical (unpaired) electrons. The predicted molar refractivity (Wildman–Crippen MR) is 124 cm³/mol. The van der Waals surface area contributed by atoms with Crippen LogP contribution >= 0.6 is 0 Å². The highest BCUT2D eigenvalue weighted by molar-refractivity contribution is 5.96. The fourth-order valence-corrected chi connectivity index (χ4v) is 4.46. The third kappa shape index (κ3) is 3.64. The lowest BCUT2D eigenvalue weighted by molar-refractivity contribution is 0.602. The van der Waals surface area contributed by atoms with Gasteiger partial charge < -0.3 is 14.9 Å². The highest BCUT2D eigenvalue weighted by Gasteiger charge is 2.21. The maximum absolute atomic E-state index is 14.2. The van der Waals surface area contributed by atoms with E-state index in [9.17, 15) is 13.6 Å². The van der Waals surface area contributed by atoms with E-state index in [-0.39, 0.29) is 5.82 Å². The van der Waals surface area contributed by atoms with Gasteiger partial charge in [-0.25, -0.2) is 23.2 Å². The predicted octanol–water partition coefficient (Wildman–Crippen LogP) is 4.08. The molecule has 3 heterocycles. The molecule has 2 aromatic carbocycles. The minimum atomic E-state index is -0.454. The van der Waals surface area contributed by atoms with Crippen LogP contribution in [0.5, 0.6) is 0 Å². The Labute approximate surface area is 188 Å². The van der Waals surface area contributed by atoms with Crippen LogP contribution in [0.4, 0.5) is 8.78 Å². The molecule has 0 amide bonds. The molecule has 7 nitrogen and oxygen atoms in total. The van der Waals surface area contributed by atoms with Gasteiger partial charge in [-0.3, -0.25) is 0 Å². The van der Waals surface area contributed by atoms with Gasteiger partial charge in [-0.1, -0.05) is 6.42 Å². The van der Waals surface area contributed by atoms with Gasteiger partial charge in [-0.05, 0) is 55.8 Å². The second-order valence-corrected chi connectivity index (χ2v) is 8.22. The normalized spacial score (nSPS) is 11.8. The lowest BCUT2D eigenvalue weighted by Crippen LogP contribution is -2.15. The van der Waals surface area contributed by atoms with Crippen LogP contribution in [0.3, 0.4) is 0 Å². The van der Waals surface area contributed by atoms with Gasteiger partial charge in [0.05, 0.1) is 11.2 Å². The van der Waals surface area contributed by atoms with Crippen LogP contribution in [0.15, 0.2) is 53.6 Å². The van der Waals surface area contributed by atoms with Crippen molar-refractivity contribution in [2.75, 3.05) is 6.54 Å². The maximum atomic E-state index is 14.2. The van der Waals surface area contributed by atoms with E-state index in [1.54, 1.807) is 12.1 Å². The van der Waals surface area contributed by atoms with Crippen molar-refractivity contribution in [3.63, 3.8) is 0 Å². The Balaban J connectivity index is 1.70. The van der Waals surface area contributed by atoms with Crippen molar-refractivity contribution in [3.05, 3.63) is 70.9 Å². The van der Waals surface area contributed by atoms with Crippen LogP contribution in [0.1, 0.15) is 19.3 Å². The van der Waals surface area contributed by atoms with Crippen molar-refractivity contribution in [2.45, 2.75) is 25.8 Å². The summed E-state index contributed by atoms with van der Waals surface area (Å²) in [6.07, 6.45) is 6.48. The van der Waals surface area contributed by atoms with Gasteiger partial charge >= 0.3 is 5.69 Å². The minimum absolute atomic E-state index is 0.336. The summed E-state index contributed by atoms with van der Waals surface area (Å²) in [5, 5.41) is 8.00. The van der Waals surface area contributed by atoms with Crippen LogP contribution in [0.25, 0.3) is 38.9 Å². The molecule has 170 valence electrons. The van der Waals surface area contributed by atoms with Gasteiger partial charge in [0.2, 0.25) is 0 Å². The number of hydrogen-bond donors (Lipinski definition) is 2. The molecule has 0 spiro atoms. The third-order valence-electron chi connectivity index (χ3n) is 6.03. The minimum Gasteiger partial charge on any atom is -0.350 e. The van der Waals surface area contributed by atoms with Crippen molar-refractivity contribution in [3.8, 4) is 17.1 Å². The highest BCUT2D eigenvalue weighted by atomic mass is 19.1. The van der Waals surface area contributed by atoms with Gasteiger partial charge in [0.25, 0.3) is 0 Å². The molecule has 0 aliphatic heterocycles. The first-order valence-electron chi connectivity index (χ1n) is 10.9. The molecular weight excluding hydrogens is 426 g/mol. The Bertz CT molecular complexity index is 1520. The van der Waals surface area contributed by atoms with Crippen LogP contribution in [0.2, 0.25) is 0 Å². The van der Waals surface area contributed by atoms with Crippen LogP contribution < -0.4 is 11.4 Å². The van der Waals surface area contributed by atoms with Crippen molar-refractivity contribution in [1.82, 2.24) is 23.9 Å². The summed E-state index contributed by atoms with van der Waals surface area (Å²) in [6, 6.07) is 9.06. The van der Waals surface area contributed by atoms with Crippen molar-refractivity contribution >= 4 is 21.8 Å². The fourth-order valence-electron chi connectivity index (χ4n) is 4.46. The third-order valence-corrected chi connectivity index (χ3v) is 6.03. The van der Waals surface area contributed by atoms with E-state index in [1.165, 1.54) is 28.8 Å². The Morgan fingerprint density at radius 2 is 1.70 bits per heavy atom. The van der Waals surface area contributed by atoms with E-state index in [1.807, 2.05) is 28.6 Å². The number of halogens is 2. The average molecular weight is 450 g/mol. The van der Waals surface area contributed by atoms with Crippen molar-refractivity contribution in [1.29, 1.82) is 0 Å². The van der Waals surface area contributed by atoms with E-state index < -0.39 is 11.5 Å². The molecule has 0 bridgehead atoms. The Morgan fingerprint density at radius 1 is 0.970 bits per heavy atom. The summed E-state index contributed by atoms with van der Waals surface area (Å²) in [7, 11) is 1.85. The Kier molecular flexibility index (Phi) is 5.33. The zero-order chi connectivity index (χ0) is 23.1. The lowest BCUT2D eigenvalue weighted by Gasteiger charge is -2.04. The zero-order valence-corrected chi connectivity index (χ0v) is 18.2. The number of aromatic nitrogens is 5. The number of fused-ring (bicyclic) bond motifs is 2. The number of aryl methyl sites for hydroxylation is 2. The molecule has 0 atom stereocenters. The van der Waals surface area contributed by atoms with Crippen LogP contribution in [0, 0.1) is 11.6 Å². The first-order valence-corrected chi connectivity index (χ1v) is 10.9. The summed E-state index contributed by atoms with van der Waals surface area (Å²) in [5.74, 6) is -0.437. The molecule has 33 heavy (non-hydrogen) atoms. The van der Waals surface area contributed by atoms with Gasteiger partial charge in [0.15, 0.2) is 5.82 Å². The second-order valence-electron chi connectivity index (χ2n) is 8.22. The molecule has 0 aliphatic rings. The van der Waals surface area contributed by atoms with E-state index in [2.05, 4.69) is 10.2 Å². The van der Waals surface area contributed by atoms with E-state index >= 15 is 0 Å². The zero-order valence-electron chi connectivity index (χ0n) is 18.2. The van der Waals surface area contributed by atoms with E-state index in [4.69, 9.17) is 5.73 Å². The van der Waals surface area contributed by atoms with Gasteiger partial charge in [-0.2, -0.15) is 5.10 Å². The number of nitrogens with zero attached hydrogens (tertiary/aromatic N) is 4. The second kappa shape index (κ2) is 8.32. The number of hydrogen-bond acceptors (Lipinski definition) is 3. The SMILES string of the molecule is Cn1cc(-c2n[nH]c(=O)n2-c2cn(CCCCCN)c3ccc(F)cc23)c2cc(F)ccc21. The van der Waals surface area contributed by atoms with Gasteiger partial charge in [0.1, 0.15) is 11.6 Å². The molecule has 9 heteroatoms. The summed E-state index contributed by atoms with van der Waals surface area (Å²) in [6.45, 7) is 1.35. The quantitative estimate of drug-likeness (QED) is 0.366. The van der Waals surface area contributed by atoms with Gasteiger partial charge in [-0.15, -0.1) is 0 Å². The Hall–Kier alpha value is -3.72. The number of unbranched alkanes of at least 4 members (excludes halogenated alkanes) is 2. The highest BCUT2D eigenvalue weighted by Crippen LogP contribution is 2.33. The first-order chi connectivity index (χ1) is 16.0. The number of rotatable bonds is 7. The molecule has 0 fully saturated rings. The number of aromatic amines is 1. The molecule has 5 aromatic rings. The average Bonchev–Trinajstić information content (AvgIpc) is 3.44. The Morgan fingerprint density at radius 3 is 2.45 bits per heavy atom. The topological polar surface area (TPSA) is 86.6 Å². The molecule has 3 aromatic heterocycles. The van der Waals surface area contributed by atoms with E-state index in [0.717, 1.165) is 30.3 Å². The maximum Gasteiger partial charge on any atom is 0.348 e. The van der Waals surface area contributed by atoms with Crippen molar-refractivity contribution < 1.29 is 8.78 Å². The molecule has 3 N–H and O–H groups in total. The lowest BCUT2D eigenvalue weighted by atomic mass is 10.1. The molecule has 0 aliphatic carbocycles. The fraction of sp³-hybridized carbons (Fsp3) is 0.250. The van der Waals surface area contributed by atoms with Gasteiger partial charge in [0, 0.05) is 47.8 Å². The standard InChI is InChI=1S/C24H24F2N6O/c1-30-13-19(17-11-15(25)5-7-20(17)30)23-28-29-24(33)32(23)22-14-31(10-4-2-3-9-27)21-8-6-16(26)12-18(21)22/h5-8,11-14H,2-4,9-10,27H2,1H3,(H,29,33). The summed E-state index contributed by atoms with van der Waals surface area (Å²) in [5.41, 5.74) is 7.90. The molecule has 0 unspecified atom stereocenters. The van der Waals surface area contributed by atoms with Crippen LogP contribution in [-0.4, -0.2) is 30.4 Å². The van der Waals surface area contributed by atoms with Crippen LogP contribution in [-0.2, 0) is 13.6 Å². The largest absolute Gasteiger partial charge is 0.350 e. The number of nitrogens with one attached hydrogen (secondary N) is 1.